The molecule has 4 rings (SSSR count). The van der Waals surface area contributed by atoms with Gasteiger partial charge < -0.3 is 9.88 Å². The first-order valence-electron chi connectivity index (χ1n) is 9.76. The highest BCUT2D eigenvalue weighted by Crippen LogP contribution is 2.36. The smallest absolute Gasteiger partial charge is 0.242 e. The minimum atomic E-state index is -0.522. The number of benzene rings is 3. The zero-order valence-corrected chi connectivity index (χ0v) is 17.9. The van der Waals surface area contributed by atoms with Gasteiger partial charge in [-0.3, -0.25) is 4.79 Å². The van der Waals surface area contributed by atoms with Gasteiger partial charge in [0.05, 0.1) is 0 Å². The molecule has 0 aliphatic rings. The van der Waals surface area contributed by atoms with Gasteiger partial charge in [-0.15, -0.1) is 10.2 Å². The Hall–Kier alpha value is -3.45. The van der Waals surface area contributed by atoms with Crippen molar-refractivity contribution in [2.24, 2.45) is 7.05 Å². The summed E-state index contributed by atoms with van der Waals surface area (Å²) in [5.41, 5.74) is 3.48. The van der Waals surface area contributed by atoms with Gasteiger partial charge >= 0.3 is 0 Å². The predicted octanol–water partition coefficient (Wildman–Crippen LogP) is 5.40. The fraction of sp³-hybridized carbons (Fsp3) is 0.125. The Bertz CT molecular complexity index is 1170. The molecule has 0 fully saturated rings. The molecule has 0 aliphatic carbocycles. The lowest BCUT2D eigenvalue weighted by Crippen LogP contribution is -2.19. The molecule has 7 heteroatoms. The summed E-state index contributed by atoms with van der Waals surface area (Å²) < 4.78 is 15.1. The first-order valence-corrected chi connectivity index (χ1v) is 10.6. The molecule has 0 saturated carbocycles. The highest BCUT2D eigenvalue weighted by atomic mass is 32.2. The van der Waals surface area contributed by atoms with Crippen molar-refractivity contribution >= 4 is 23.4 Å². The van der Waals surface area contributed by atoms with E-state index in [-0.39, 0.29) is 11.7 Å². The fourth-order valence-electron chi connectivity index (χ4n) is 3.12. The number of amides is 1. The first-order chi connectivity index (χ1) is 15.0. The average molecular weight is 433 g/mol. The molecule has 1 amide bonds. The number of anilines is 1. The summed E-state index contributed by atoms with van der Waals surface area (Å²) in [5.74, 6) is 0.150. The second-order valence-corrected chi connectivity index (χ2v) is 8.21. The summed E-state index contributed by atoms with van der Waals surface area (Å²) >= 11 is 1.32. The second kappa shape index (κ2) is 9.14. The Morgan fingerprint density at radius 2 is 1.65 bits per heavy atom. The van der Waals surface area contributed by atoms with Crippen molar-refractivity contribution in [1.82, 2.24) is 14.8 Å². The minimum absolute atomic E-state index is 0.147. The second-order valence-electron chi connectivity index (χ2n) is 7.14. The van der Waals surface area contributed by atoms with Crippen LogP contribution in [0.4, 0.5) is 10.1 Å². The Labute approximate surface area is 184 Å². The number of carbonyl (C=O) groups excluding carboxylic acids is 1. The predicted molar refractivity (Wildman–Crippen MR) is 121 cm³/mol. The van der Waals surface area contributed by atoms with E-state index in [2.05, 4.69) is 15.5 Å². The number of rotatable bonds is 6. The minimum Gasteiger partial charge on any atom is -0.325 e. The molecule has 4 aromatic rings. The molecule has 0 aliphatic heterocycles. The van der Waals surface area contributed by atoms with E-state index < -0.39 is 5.25 Å². The standard InChI is InChI=1S/C24H21FN4OS/c1-16-8-14-20(15-9-16)26-23(30)21(17-6-4-3-5-7-17)31-24-28-27-22(29(24)2)18-10-12-19(25)13-11-18/h3-15,21H,1-2H3,(H,26,30). The van der Waals surface area contributed by atoms with Crippen LogP contribution in [0, 0.1) is 12.7 Å². The van der Waals surface area contributed by atoms with Crippen LogP contribution >= 0.6 is 11.8 Å². The van der Waals surface area contributed by atoms with Crippen molar-refractivity contribution in [3.63, 3.8) is 0 Å². The molecular formula is C24H21FN4OS. The van der Waals surface area contributed by atoms with Crippen molar-refractivity contribution < 1.29 is 9.18 Å². The fourth-order valence-corrected chi connectivity index (χ4v) is 4.12. The van der Waals surface area contributed by atoms with E-state index in [1.165, 1.54) is 23.9 Å². The van der Waals surface area contributed by atoms with Crippen LogP contribution in [0.1, 0.15) is 16.4 Å². The van der Waals surface area contributed by atoms with Crippen LogP contribution in [0.15, 0.2) is 84.0 Å². The number of thioether (sulfide) groups is 1. The molecule has 0 radical (unpaired) electrons. The van der Waals surface area contributed by atoms with Crippen LogP contribution in [-0.2, 0) is 11.8 Å². The third-order valence-corrected chi connectivity index (χ3v) is 6.11. The monoisotopic (exact) mass is 432 g/mol. The van der Waals surface area contributed by atoms with Gasteiger partial charge in [-0.1, -0.05) is 59.8 Å². The van der Waals surface area contributed by atoms with Crippen LogP contribution in [0.5, 0.6) is 0 Å². The molecule has 31 heavy (non-hydrogen) atoms. The molecule has 3 aromatic carbocycles. The average Bonchev–Trinajstić information content (AvgIpc) is 3.15. The van der Waals surface area contributed by atoms with Crippen molar-refractivity contribution in [2.45, 2.75) is 17.3 Å². The molecule has 0 bridgehead atoms. The van der Waals surface area contributed by atoms with E-state index in [1.807, 2.05) is 73.1 Å². The number of aromatic nitrogens is 3. The zero-order valence-electron chi connectivity index (χ0n) is 17.1. The van der Waals surface area contributed by atoms with E-state index >= 15 is 0 Å². The summed E-state index contributed by atoms with van der Waals surface area (Å²) in [4.78, 5) is 13.2. The van der Waals surface area contributed by atoms with Crippen LogP contribution < -0.4 is 5.32 Å². The third-order valence-electron chi connectivity index (χ3n) is 4.82. The van der Waals surface area contributed by atoms with Crippen LogP contribution in [0.3, 0.4) is 0 Å². The zero-order chi connectivity index (χ0) is 21.8. The number of carbonyl (C=O) groups is 1. The molecule has 1 unspecified atom stereocenters. The Morgan fingerprint density at radius 3 is 2.32 bits per heavy atom. The molecule has 1 atom stereocenters. The Kier molecular flexibility index (Phi) is 6.13. The molecule has 0 saturated heterocycles. The van der Waals surface area contributed by atoms with Crippen molar-refractivity contribution in [2.75, 3.05) is 5.32 Å². The van der Waals surface area contributed by atoms with Crippen molar-refractivity contribution in [3.05, 3.63) is 95.8 Å². The summed E-state index contributed by atoms with van der Waals surface area (Å²) in [6.07, 6.45) is 0. The molecule has 0 spiro atoms. The van der Waals surface area contributed by atoms with E-state index in [0.29, 0.717) is 11.0 Å². The molecule has 156 valence electrons. The third kappa shape index (κ3) is 4.83. The lowest BCUT2D eigenvalue weighted by molar-refractivity contribution is -0.115. The molecule has 5 nitrogen and oxygen atoms in total. The summed E-state index contributed by atoms with van der Waals surface area (Å²) in [6.45, 7) is 2.00. The Balaban J connectivity index is 1.62. The van der Waals surface area contributed by atoms with E-state index in [0.717, 1.165) is 22.4 Å². The number of nitrogens with one attached hydrogen (secondary N) is 1. The van der Waals surface area contributed by atoms with Gasteiger partial charge in [-0.25, -0.2) is 4.39 Å². The van der Waals surface area contributed by atoms with E-state index in [9.17, 15) is 9.18 Å². The van der Waals surface area contributed by atoms with Gasteiger partial charge in [0.1, 0.15) is 11.1 Å². The summed E-state index contributed by atoms with van der Waals surface area (Å²) in [5, 5.41) is 11.6. The van der Waals surface area contributed by atoms with Crippen LogP contribution in [0.25, 0.3) is 11.4 Å². The van der Waals surface area contributed by atoms with Crippen molar-refractivity contribution in [1.29, 1.82) is 0 Å². The number of aryl methyl sites for hydroxylation is 1. The van der Waals surface area contributed by atoms with Gasteiger partial charge in [-0.05, 0) is 48.9 Å². The molecule has 1 aromatic heterocycles. The maximum absolute atomic E-state index is 13.3. The number of hydrogen-bond acceptors (Lipinski definition) is 4. The summed E-state index contributed by atoms with van der Waals surface area (Å²) in [7, 11) is 1.83. The molecular weight excluding hydrogens is 411 g/mol. The van der Waals surface area contributed by atoms with Gasteiger partial charge in [-0.2, -0.15) is 0 Å². The number of nitrogens with zero attached hydrogens (tertiary/aromatic N) is 3. The topological polar surface area (TPSA) is 59.8 Å². The van der Waals surface area contributed by atoms with Gasteiger partial charge in [0.15, 0.2) is 11.0 Å². The van der Waals surface area contributed by atoms with Crippen LogP contribution in [0.2, 0.25) is 0 Å². The Morgan fingerprint density at radius 1 is 0.968 bits per heavy atom. The lowest BCUT2D eigenvalue weighted by Gasteiger charge is -2.17. The normalized spacial score (nSPS) is 11.8. The largest absolute Gasteiger partial charge is 0.325 e. The SMILES string of the molecule is Cc1ccc(NC(=O)C(Sc2nnc(-c3ccc(F)cc3)n2C)c2ccccc2)cc1. The highest BCUT2D eigenvalue weighted by Gasteiger charge is 2.25. The van der Waals surface area contributed by atoms with E-state index in [1.54, 1.807) is 12.1 Å². The van der Waals surface area contributed by atoms with Gasteiger partial charge in [0.2, 0.25) is 5.91 Å². The van der Waals surface area contributed by atoms with Gasteiger partial charge in [0.25, 0.3) is 0 Å². The first kappa shape index (κ1) is 20.8. The number of hydrogen-bond donors (Lipinski definition) is 1. The van der Waals surface area contributed by atoms with Gasteiger partial charge in [0, 0.05) is 18.3 Å². The maximum Gasteiger partial charge on any atom is 0.242 e. The van der Waals surface area contributed by atoms with E-state index in [4.69, 9.17) is 0 Å². The lowest BCUT2D eigenvalue weighted by atomic mass is 10.1. The molecule has 1 heterocycles. The summed E-state index contributed by atoms with van der Waals surface area (Å²) in [6, 6.07) is 23.3. The highest BCUT2D eigenvalue weighted by molar-refractivity contribution is 8.00. The maximum atomic E-state index is 13.3. The van der Waals surface area contributed by atoms with Crippen molar-refractivity contribution in [3.8, 4) is 11.4 Å². The van der Waals surface area contributed by atoms with Crippen LogP contribution in [-0.4, -0.2) is 20.7 Å². The quantitative estimate of drug-likeness (QED) is 0.414. The molecule has 1 N–H and O–H groups in total. The number of halogens is 1.